The number of nitrogens with one attached hydrogen (secondary N) is 2. The highest BCUT2D eigenvalue weighted by Crippen LogP contribution is 2.15. The third-order valence-corrected chi connectivity index (χ3v) is 5.06. The van der Waals surface area contributed by atoms with Crippen LogP contribution in [0.25, 0.3) is 11.0 Å². The molecule has 2 N–H and O–H groups in total. The van der Waals surface area contributed by atoms with Crippen LogP contribution < -0.4 is 16.1 Å². The Morgan fingerprint density at radius 3 is 2.24 bits per heavy atom. The molecule has 0 spiro atoms. The summed E-state index contributed by atoms with van der Waals surface area (Å²) in [4.78, 5) is 43.0. The van der Waals surface area contributed by atoms with Crippen LogP contribution in [0.15, 0.2) is 71.7 Å². The number of benzene rings is 2. The van der Waals surface area contributed by atoms with E-state index in [9.17, 15) is 18.8 Å². The molecule has 2 amide bonds. The number of hydrogen-bond acceptors (Lipinski definition) is 4. The Bertz CT molecular complexity index is 1410. The van der Waals surface area contributed by atoms with Gasteiger partial charge in [-0.25, -0.2) is 9.37 Å². The lowest BCUT2D eigenvalue weighted by molar-refractivity contribution is -0.116. The first-order valence-corrected chi connectivity index (χ1v) is 10.2. The molecule has 0 bridgehead atoms. The van der Waals surface area contributed by atoms with Crippen LogP contribution in [-0.2, 0) is 11.3 Å². The van der Waals surface area contributed by atoms with Gasteiger partial charge < -0.3 is 15.2 Å². The number of carbonyl (C=O) groups is 2. The van der Waals surface area contributed by atoms with Gasteiger partial charge in [-0.15, -0.1) is 0 Å². The van der Waals surface area contributed by atoms with Crippen molar-refractivity contribution in [2.45, 2.75) is 20.4 Å². The molecule has 166 valence electrons. The van der Waals surface area contributed by atoms with E-state index in [2.05, 4.69) is 15.6 Å². The normalized spacial score (nSPS) is 10.8. The molecule has 0 radical (unpaired) electrons. The van der Waals surface area contributed by atoms with E-state index in [-0.39, 0.29) is 17.5 Å². The van der Waals surface area contributed by atoms with Crippen molar-refractivity contribution in [3.63, 3.8) is 0 Å². The lowest BCUT2D eigenvalue weighted by atomic mass is 10.1. The maximum Gasteiger partial charge on any atom is 0.261 e. The third-order valence-electron chi connectivity index (χ3n) is 5.06. The van der Waals surface area contributed by atoms with Crippen LogP contribution in [0.5, 0.6) is 0 Å². The quantitative estimate of drug-likeness (QED) is 0.486. The van der Waals surface area contributed by atoms with Gasteiger partial charge in [0, 0.05) is 23.3 Å². The SMILES string of the molecule is Cc1ccc(NC(=O)c2cn(CC(=O)Nc3ccc(F)cc3)c3nc(C)ccc3c2=O)cc1. The number of pyridine rings is 2. The summed E-state index contributed by atoms with van der Waals surface area (Å²) in [5.74, 6) is -1.41. The molecule has 2 aromatic heterocycles. The highest BCUT2D eigenvalue weighted by atomic mass is 19.1. The van der Waals surface area contributed by atoms with Crippen LogP contribution in [0.2, 0.25) is 0 Å². The maximum absolute atomic E-state index is 13.1. The van der Waals surface area contributed by atoms with Crippen molar-refractivity contribution in [2.75, 3.05) is 10.6 Å². The molecule has 0 fully saturated rings. The number of fused-ring (bicyclic) bond motifs is 1. The number of nitrogens with zero attached hydrogens (tertiary/aromatic N) is 2. The number of hydrogen-bond donors (Lipinski definition) is 2. The van der Waals surface area contributed by atoms with Crippen molar-refractivity contribution in [1.29, 1.82) is 0 Å². The molecule has 2 heterocycles. The number of amides is 2. The highest BCUT2D eigenvalue weighted by molar-refractivity contribution is 6.05. The molecular formula is C25H21FN4O3. The van der Waals surface area contributed by atoms with Gasteiger partial charge in [-0.05, 0) is 62.4 Å². The van der Waals surface area contributed by atoms with Crippen molar-refractivity contribution < 1.29 is 14.0 Å². The minimum Gasteiger partial charge on any atom is -0.325 e. The molecule has 7 nitrogen and oxygen atoms in total. The van der Waals surface area contributed by atoms with Crippen LogP contribution in [0.4, 0.5) is 15.8 Å². The summed E-state index contributed by atoms with van der Waals surface area (Å²) in [6.07, 6.45) is 1.34. The Labute approximate surface area is 188 Å². The number of anilines is 2. The Morgan fingerprint density at radius 2 is 1.55 bits per heavy atom. The van der Waals surface area contributed by atoms with Crippen LogP contribution in [0.1, 0.15) is 21.6 Å². The predicted molar refractivity (Wildman–Crippen MR) is 125 cm³/mol. The fourth-order valence-electron chi connectivity index (χ4n) is 3.37. The molecule has 8 heteroatoms. The van der Waals surface area contributed by atoms with E-state index >= 15 is 0 Å². The second-order valence-corrected chi connectivity index (χ2v) is 7.70. The zero-order valence-electron chi connectivity index (χ0n) is 18.1. The Morgan fingerprint density at radius 1 is 0.909 bits per heavy atom. The van der Waals surface area contributed by atoms with Crippen molar-refractivity contribution in [2.24, 2.45) is 0 Å². The zero-order valence-corrected chi connectivity index (χ0v) is 18.1. The van der Waals surface area contributed by atoms with E-state index in [0.29, 0.717) is 22.7 Å². The van der Waals surface area contributed by atoms with Gasteiger partial charge >= 0.3 is 0 Å². The second kappa shape index (κ2) is 9.04. The van der Waals surface area contributed by atoms with E-state index in [0.717, 1.165) is 5.56 Å². The van der Waals surface area contributed by atoms with Gasteiger partial charge in [-0.3, -0.25) is 14.4 Å². The first-order valence-electron chi connectivity index (χ1n) is 10.2. The molecule has 0 unspecified atom stereocenters. The number of carbonyl (C=O) groups excluding carboxylic acids is 2. The summed E-state index contributed by atoms with van der Waals surface area (Å²) < 4.78 is 14.6. The number of halogens is 1. The summed E-state index contributed by atoms with van der Waals surface area (Å²) in [7, 11) is 0. The number of aryl methyl sites for hydroxylation is 2. The summed E-state index contributed by atoms with van der Waals surface area (Å²) in [6, 6.07) is 15.8. The summed E-state index contributed by atoms with van der Waals surface area (Å²) in [5, 5.41) is 5.62. The summed E-state index contributed by atoms with van der Waals surface area (Å²) in [5.41, 5.74) is 2.38. The predicted octanol–water partition coefficient (Wildman–Crippen LogP) is 4.04. The topological polar surface area (TPSA) is 93.1 Å². The minimum atomic E-state index is -0.584. The molecular weight excluding hydrogens is 423 g/mol. The van der Waals surface area contributed by atoms with Crippen LogP contribution in [0.3, 0.4) is 0 Å². The van der Waals surface area contributed by atoms with Crippen molar-refractivity contribution in [3.05, 3.63) is 99.7 Å². The lowest BCUT2D eigenvalue weighted by Gasteiger charge is -2.14. The Balaban J connectivity index is 1.69. The van der Waals surface area contributed by atoms with E-state index in [4.69, 9.17) is 0 Å². The van der Waals surface area contributed by atoms with Gasteiger partial charge in [0.2, 0.25) is 11.3 Å². The van der Waals surface area contributed by atoms with Crippen LogP contribution in [-0.4, -0.2) is 21.4 Å². The summed E-state index contributed by atoms with van der Waals surface area (Å²) in [6.45, 7) is 3.50. The lowest BCUT2D eigenvalue weighted by Crippen LogP contribution is -2.27. The molecule has 0 saturated heterocycles. The van der Waals surface area contributed by atoms with Gasteiger partial charge in [0.25, 0.3) is 5.91 Å². The molecule has 4 aromatic rings. The van der Waals surface area contributed by atoms with Crippen molar-refractivity contribution in [1.82, 2.24) is 9.55 Å². The Hall–Kier alpha value is -4.33. The maximum atomic E-state index is 13.1. The van der Waals surface area contributed by atoms with Crippen LogP contribution in [0, 0.1) is 19.7 Å². The molecule has 4 rings (SSSR count). The Kier molecular flexibility index (Phi) is 5.99. The summed E-state index contributed by atoms with van der Waals surface area (Å²) >= 11 is 0. The van der Waals surface area contributed by atoms with E-state index in [1.807, 2.05) is 19.1 Å². The van der Waals surface area contributed by atoms with E-state index in [1.54, 1.807) is 31.2 Å². The third kappa shape index (κ3) is 4.95. The largest absolute Gasteiger partial charge is 0.325 e. The van der Waals surface area contributed by atoms with E-state index < -0.39 is 23.1 Å². The number of aromatic nitrogens is 2. The smallest absolute Gasteiger partial charge is 0.261 e. The van der Waals surface area contributed by atoms with Crippen molar-refractivity contribution >= 4 is 34.2 Å². The fourth-order valence-corrected chi connectivity index (χ4v) is 3.37. The molecule has 0 aliphatic rings. The molecule has 0 aliphatic carbocycles. The average Bonchev–Trinajstić information content (AvgIpc) is 2.78. The van der Waals surface area contributed by atoms with Crippen LogP contribution >= 0.6 is 0 Å². The van der Waals surface area contributed by atoms with Gasteiger partial charge in [0.1, 0.15) is 23.6 Å². The first kappa shape index (κ1) is 21.9. The zero-order chi connectivity index (χ0) is 23.5. The van der Waals surface area contributed by atoms with Gasteiger partial charge in [0.15, 0.2) is 0 Å². The van der Waals surface area contributed by atoms with Gasteiger partial charge in [0.05, 0.1) is 5.39 Å². The molecule has 0 aliphatic heterocycles. The average molecular weight is 444 g/mol. The number of rotatable bonds is 5. The molecule has 33 heavy (non-hydrogen) atoms. The second-order valence-electron chi connectivity index (χ2n) is 7.70. The molecule has 0 atom stereocenters. The van der Waals surface area contributed by atoms with Crippen molar-refractivity contribution in [3.8, 4) is 0 Å². The minimum absolute atomic E-state index is 0.108. The molecule has 0 saturated carbocycles. The highest BCUT2D eigenvalue weighted by Gasteiger charge is 2.18. The fraction of sp³-hybridized carbons (Fsp3) is 0.120. The van der Waals surface area contributed by atoms with E-state index in [1.165, 1.54) is 35.0 Å². The monoisotopic (exact) mass is 444 g/mol. The van der Waals surface area contributed by atoms with Gasteiger partial charge in [-0.1, -0.05) is 17.7 Å². The van der Waals surface area contributed by atoms with Gasteiger partial charge in [-0.2, -0.15) is 0 Å². The first-order chi connectivity index (χ1) is 15.8. The standard InChI is InChI=1S/C25H21FN4O3/c1-15-3-8-19(9-4-15)29-25(33)21-13-30(24-20(23(21)32)12-5-16(2)27-24)14-22(31)28-18-10-6-17(26)7-11-18/h3-13H,14H2,1-2H3,(H,28,31)(H,29,33). The molecule has 2 aromatic carbocycles.